The lowest BCUT2D eigenvalue weighted by atomic mass is 10.1. The highest BCUT2D eigenvalue weighted by atomic mass is 35.5. The van der Waals surface area contributed by atoms with Gasteiger partial charge in [0.1, 0.15) is 5.58 Å². The molecule has 0 N–H and O–H groups in total. The third-order valence-electron chi connectivity index (χ3n) is 5.37. The molecule has 1 aliphatic rings. The molecule has 0 bridgehead atoms. The number of ether oxygens (including phenoxy) is 1. The molecule has 1 aliphatic heterocycles. The number of aryl methyl sites for hydroxylation is 2. The highest BCUT2D eigenvalue weighted by Gasteiger charge is 2.20. The van der Waals surface area contributed by atoms with Crippen molar-refractivity contribution < 1.29 is 9.15 Å². The van der Waals surface area contributed by atoms with Gasteiger partial charge in [-0.2, -0.15) is 0 Å². The van der Waals surface area contributed by atoms with Gasteiger partial charge in [-0.1, -0.05) is 11.6 Å². The van der Waals surface area contributed by atoms with E-state index in [2.05, 4.69) is 39.9 Å². The van der Waals surface area contributed by atoms with Crippen LogP contribution in [0.5, 0.6) is 5.75 Å². The predicted molar refractivity (Wildman–Crippen MR) is 116 cm³/mol. The first-order chi connectivity index (χ1) is 13.2. The average Bonchev–Trinajstić information content (AvgIpc) is 3.10. The molecule has 3 aromatic rings. The minimum absolute atomic E-state index is 0. The van der Waals surface area contributed by atoms with Crippen LogP contribution in [-0.4, -0.2) is 49.7 Å². The van der Waals surface area contributed by atoms with Gasteiger partial charge in [-0.3, -0.25) is 4.90 Å². The Balaban J connectivity index is 0.00000225. The van der Waals surface area contributed by atoms with Crippen molar-refractivity contribution in [3.63, 3.8) is 0 Å². The molecule has 0 saturated carbocycles. The quantitative estimate of drug-likeness (QED) is 0.615. The summed E-state index contributed by atoms with van der Waals surface area (Å²) >= 11 is 0. The number of furan rings is 1. The number of hydrogen-bond acceptors (Lipinski definition) is 5. The van der Waals surface area contributed by atoms with E-state index in [4.69, 9.17) is 9.15 Å². The number of benzene rings is 1. The zero-order valence-electron chi connectivity index (χ0n) is 16.6. The fourth-order valence-corrected chi connectivity index (χ4v) is 3.84. The van der Waals surface area contributed by atoms with Crippen LogP contribution in [0, 0.1) is 6.92 Å². The van der Waals surface area contributed by atoms with Crippen molar-refractivity contribution >= 4 is 29.2 Å². The van der Waals surface area contributed by atoms with Crippen LogP contribution in [0.1, 0.15) is 17.5 Å². The first-order valence-electron chi connectivity index (χ1n) is 9.67. The number of anilines is 1. The molecule has 1 fully saturated rings. The van der Waals surface area contributed by atoms with E-state index in [1.165, 1.54) is 16.5 Å². The number of nitrogens with zero attached hydrogens (tertiary/aromatic N) is 3. The zero-order chi connectivity index (χ0) is 18.6. The molecule has 1 saturated heterocycles. The van der Waals surface area contributed by atoms with Crippen LogP contribution in [-0.2, 0) is 6.42 Å². The van der Waals surface area contributed by atoms with Gasteiger partial charge in [0.05, 0.1) is 13.4 Å². The van der Waals surface area contributed by atoms with Gasteiger partial charge in [-0.05, 0) is 56.1 Å². The highest BCUT2D eigenvalue weighted by Crippen LogP contribution is 2.26. The Morgan fingerprint density at radius 3 is 2.75 bits per heavy atom. The van der Waals surface area contributed by atoms with Gasteiger partial charge in [0.2, 0.25) is 0 Å². The Hall–Kier alpha value is -2.24. The van der Waals surface area contributed by atoms with E-state index in [9.17, 15) is 0 Å². The molecule has 0 spiro atoms. The second-order valence-corrected chi connectivity index (χ2v) is 7.22. The maximum atomic E-state index is 5.69. The number of hydrogen-bond donors (Lipinski definition) is 0. The number of piperazine rings is 1. The maximum Gasteiger partial charge on any atom is 0.171 e. The second kappa shape index (κ2) is 9.30. The predicted octanol–water partition coefficient (Wildman–Crippen LogP) is 4.32. The molecule has 0 amide bonds. The van der Waals surface area contributed by atoms with Crippen molar-refractivity contribution in [1.82, 2.24) is 9.88 Å². The number of halogens is 1. The minimum Gasteiger partial charge on any atom is -0.493 e. The van der Waals surface area contributed by atoms with E-state index in [0.29, 0.717) is 0 Å². The summed E-state index contributed by atoms with van der Waals surface area (Å²) in [5.41, 5.74) is 3.60. The molecule has 0 radical (unpaired) electrons. The Kier molecular flexibility index (Phi) is 6.81. The van der Waals surface area contributed by atoms with Crippen LogP contribution in [0.4, 0.5) is 5.82 Å². The normalized spacial score (nSPS) is 14.9. The van der Waals surface area contributed by atoms with Crippen molar-refractivity contribution in [3.8, 4) is 5.75 Å². The average molecular weight is 402 g/mol. The van der Waals surface area contributed by atoms with Crippen LogP contribution in [0.3, 0.4) is 0 Å². The van der Waals surface area contributed by atoms with Gasteiger partial charge in [-0.25, -0.2) is 4.98 Å². The summed E-state index contributed by atoms with van der Waals surface area (Å²) < 4.78 is 11.1. The van der Waals surface area contributed by atoms with Crippen molar-refractivity contribution in [2.75, 3.05) is 44.7 Å². The van der Waals surface area contributed by atoms with Crippen molar-refractivity contribution in [2.24, 2.45) is 0 Å². The lowest BCUT2D eigenvalue weighted by Gasteiger charge is -2.35. The van der Waals surface area contributed by atoms with E-state index < -0.39 is 0 Å². The largest absolute Gasteiger partial charge is 0.493 e. The summed E-state index contributed by atoms with van der Waals surface area (Å²) in [5, 5.41) is 1.27. The van der Waals surface area contributed by atoms with Crippen molar-refractivity contribution in [1.29, 1.82) is 0 Å². The molecule has 0 aliphatic carbocycles. The van der Waals surface area contributed by atoms with Gasteiger partial charge in [0.25, 0.3) is 0 Å². The molecule has 0 unspecified atom stereocenters. The first kappa shape index (κ1) is 20.5. The van der Waals surface area contributed by atoms with E-state index in [1.807, 2.05) is 24.6 Å². The Bertz CT molecular complexity index is 904. The topological polar surface area (TPSA) is 41.7 Å². The standard InChI is InChI=1S/C22H27N3O2.ClH/c1-17-7-8-20-19(15-17)18(16-27-20)5-4-10-24-11-13-25(14-12-24)22-21(26-2)6-3-9-23-22;/h3,6-9,15-16H,4-5,10-14H2,1-2H3;1H. The van der Waals surface area contributed by atoms with E-state index in [0.717, 1.165) is 62.7 Å². The first-order valence-corrected chi connectivity index (χ1v) is 9.67. The van der Waals surface area contributed by atoms with E-state index in [1.54, 1.807) is 7.11 Å². The number of fused-ring (bicyclic) bond motifs is 1. The number of pyridine rings is 1. The van der Waals surface area contributed by atoms with Gasteiger partial charge in [-0.15, -0.1) is 12.4 Å². The van der Waals surface area contributed by atoms with E-state index in [-0.39, 0.29) is 12.4 Å². The smallest absolute Gasteiger partial charge is 0.171 e. The Morgan fingerprint density at radius 1 is 1.14 bits per heavy atom. The zero-order valence-corrected chi connectivity index (χ0v) is 17.4. The molecule has 3 heterocycles. The molecule has 0 atom stereocenters. The molecule has 6 heteroatoms. The second-order valence-electron chi connectivity index (χ2n) is 7.22. The molecule has 150 valence electrons. The van der Waals surface area contributed by atoms with Gasteiger partial charge in [0.15, 0.2) is 11.6 Å². The molecule has 28 heavy (non-hydrogen) atoms. The van der Waals surface area contributed by atoms with Crippen LogP contribution in [0.25, 0.3) is 11.0 Å². The van der Waals surface area contributed by atoms with E-state index >= 15 is 0 Å². The highest BCUT2D eigenvalue weighted by molar-refractivity contribution is 5.85. The third-order valence-corrected chi connectivity index (χ3v) is 5.37. The summed E-state index contributed by atoms with van der Waals surface area (Å²) in [6.07, 6.45) is 5.97. The summed E-state index contributed by atoms with van der Waals surface area (Å²) in [6.45, 7) is 7.34. The monoisotopic (exact) mass is 401 g/mol. The Labute approximate surface area is 172 Å². The SMILES string of the molecule is COc1cccnc1N1CCN(CCCc2coc3ccc(C)cc23)CC1.Cl. The molecular formula is C22H28ClN3O2. The summed E-state index contributed by atoms with van der Waals surface area (Å²) in [5.74, 6) is 1.81. The minimum atomic E-state index is 0. The number of methoxy groups -OCH3 is 1. The number of rotatable bonds is 6. The molecule has 1 aromatic carbocycles. The third kappa shape index (κ3) is 4.42. The van der Waals surface area contributed by atoms with Crippen LogP contribution in [0.2, 0.25) is 0 Å². The lowest BCUT2D eigenvalue weighted by Crippen LogP contribution is -2.47. The summed E-state index contributed by atoms with van der Waals surface area (Å²) in [4.78, 5) is 9.36. The molecular weight excluding hydrogens is 374 g/mol. The van der Waals surface area contributed by atoms with Crippen molar-refractivity contribution in [3.05, 3.63) is 53.9 Å². The van der Waals surface area contributed by atoms with Gasteiger partial charge in [0, 0.05) is 37.8 Å². The fourth-order valence-electron chi connectivity index (χ4n) is 3.84. The molecule has 2 aromatic heterocycles. The molecule has 5 nitrogen and oxygen atoms in total. The van der Waals surface area contributed by atoms with Crippen molar-refractivity contribution in [2.45, 2.75) is 19.8 Å². The lowest BCUT2D eigenvalue weighted by molar-refractivity contribution is 0.253. The van der Waals surface area contributed by atoms with Crippen LogP contribution in [0.15, 0.2) is 47.2 Å². The summed E-state index contributed by atoms with van der Waals surface area (Å²) in [6, 6.07) is 10.3. The number of aromatic nitrogens is 1. The van der Waals surface area contributed by atoms with Crippen LogP contribution < -0.4 is 9.64 Å². The summed E-state index contributed by atoms with van der Waals surface area (Å²) in [7, 11) is 1.71. The Morgan fingerprint density at radius 2 is 1.96 bits per heavy atom. The molecule has 4 rings (SSSR count). The van der Waals surface area contributed by atoms with Crippen LogP contribution >= 0.6 is 12.4 Å². The fraction of sp³-hybridized carbons (Fsp3) is 0.409. The van der Waals surface area contributed by atoms with Gasteiger partial charge >= 0.3 is 0 Å². The maximum absolute atomic E-state index is 5.69. The van der Waals surface area contributed by atoms with Gasteiger partial charge < -0.3 is 14.1 Å².